The third-order valence-corrected chi connectivity index (χ3v) is 14.3. The molecule has 51 heavy (non-hydrogen) atoms. The Morgan fingerprint density at radius 1 is 0.961 bits per heavy atom. The van der Waals surface area contributed by atoms with E-state index in [4.69, 9.17) is 9.57 Å². The lowest BCUT2D eigenvalue weighted by molar-refractivity contribution is -0.183. The minimum Gasteiger partial charge on any atom is -0.394 e. The van der Waals surface area contributed by atoms with Crippen molar-refractivity contribution >= 4 is 15.9 Å². The van der Waals surface area contributed by atoms with Crippen molar-refractivity contribution in [3.05, 3.63) is 0 Å². The molecule has 1 aliphatic heterocycles. The van der Waals surface area contributed by atoms with Gasteiger partial charge in [0.25, 0.3) is 0 Å². The van der Waals surface area contributed by atoms with Gasteiger partial charge < -0.3 is 25.2 Å². The summed E-state index contributed by atoms with van der Waals surface area (Å²) in [6.45, 7) is 3.50. The number of hydrogen-bond donors (Lipinski definition) is 4. The SMILES string of the molecule is C[C@@H](O)[C@H]1[C@@H](CO)ON(CC2CCCC(C#CCNS(=O)(=O)C3CCC(OC4CCCCC4)CC3)C2)[C@H]1C(=O)NCCCN(C)C1CCCCC1. The minimum absolute atomic E-state index is 0.115. The number of aliphatic hydroxyl groups excluding tert-OH is 2. The van der Waals surface area contributed by atoms with Gasteiger partial charge in [0.05, 0.1) is 36.7 Å². The van der Waals surface area contributed by atoms with Crippen LogP contribution in [0, 0.1) is 29.6 Å². The molecule has 0 bridgehead atoms. The molecule has 5 fully saturated rings. The average molecular weight is 737 g/mol. The Kier molecular flexibility index (Phi) is 16.4. The quantitative estimate of drug-likeness (QED) is 0.144. The van der Waals surface area contributed by atoms with Crippen molar-refractivity contribution in [2.45, 2.75) is 171 Å². The Labute approximate surface area is 308 Å². The van der Waals surface area contributed by atoms with Crippen LogP contribution < -0.4 is 10.0 Å². The maximum atomic E-state index is 13.6. The van der Waals surface area contributed by atoms with Crippen LogP contribution >= 0.6 is 0 Å². The molecule has 0 spiro atoms. The van der Waals surface area contributed by atoms with Gasteiger partial charge in [-0.1, -0.05) is 56.8 Å². The Morgan fingerprint density at radius 3 is 2.33 bits per heavy atom. The number of hydroxylamine groups is 2. The van der Waals surface area contributed by atoms with Crippen LogP contribution in [0.25, 0.3) is 0 Å². The summed E-state index contributed by atoms with van der Waals surface area (Å²) in [5.41, 5.74) is 0. The molecule has 5 rings (SSSR count). The number of nitrogens with one attached hydrogen (secondary N) is 2. The first kappa shape index (κ1) is 40.9. The fourth-order valence-corrected chi connectivity index (χ4v) is 10.9. The molecule has 1 heterocycles. The number of ether oxygens (including phenoxy) is 1. The number of nitrogens with zero attached hydrogens (tertiary/aromatic N) is 2. The third kappa shape index (κ3) is 12.1. The largest absolute Gasteiger partial charge is 0.394 e. The van der Waals surface area contributed by atoms with E-state index in [1.807, 2.05) is 0 Å². The highest BCUT2D eigenvalue weighted by Gasteiger charge is 2.49. The van der Waals surface area contributed by atoms with Crippen molar-refractivity contribution in [2.75, 3.05) is 39.8 Å². The molecule has 5 aliphatic rings. The second-order valence-corrected chi connectivity index (χ2v) is 18.4. The molecule has 1 amide bonds. The van der Waals surface area contributed by atoms with E-state index in [1.54, 1.807) is 12.0 Å². The summed E-state index contributed by atoms with van der Waals surface area (Å²) >= 11 is 0. The Balaban J connectivity index is 1.06. The van der Waals surface area contributed by atoms with E-state index >= 15 is 0 Å². The maximum absolute atomic E-state index is 13.6. The molecule has 0 radical (unpaired) electrons. The Hall–Kier alpha value is -1.30. The summed E-state index contributed by atoms with van der Waals surface area (Å²) in [6, 6.07) is -0.0551. The number of rotatable bonds is 15. The molecule has 292 valence electrons. The number of hydrogen-bond acceptors (Lipinski definition) is 9. The van der Waals surface area contributed by atoms with Gasteiger partial charge in [-0.15, -0.1) is 0 Å². The van der Waals surface area contributed by atoms with Crippen LogP contribution in [0.3, 0.4) is 0 Å². The van der Waals surface area contributed by atoms with Gasteiger partial charge in [0.15, 0.2) is 0 Å². The molecule has 4 saturated carbocycles. The normalized spacial score (nSPS) is 32.4. The molecule has 0 aromatic rings. The first-order chi connectivity index (χ1) is 24.6. The fourth-order valence-electron chi connectivity index (χ4n) is 9.49. The fraction of sp³-hybridized carbons (Fsp3) is 0.923. The molecule has 0 aromatic carbocycles. The van der Waals surface area contributed by atoms with E-state index in [-0.39, 0.29) is 42.2 Å². The van der Waals surface area contributed by atoms with Crippen LogP contribution in [0.2, 0.25) is 0 Å². The zero-order valence-corrected chi connectivity index (χ0v) is 32.3. The van der Waals surface area contributed by atoms with Crippen LogP contribution in [0.1, 0.15) is 129 Å². The Bertz CT molecular complexity index is 1220. The summed E-state index contributed by atoms with van der Waals surface area (Å²) in [4.78, 5) is 22.2. The standard InChI is InChI=1S/C39H68N4O7S/c1-29(45)37-36(28-44)50-43(38(37)39(46)40-23-11-25-42(2)32-15-5-3-6-16-32)27-31-13-9-12-30(26-31)14-10-24-41-51(47,48)35-21-19-34(20-22-35)49-33-17-7-4-8-18-33/h29-38,41,44-45H,3-9,11-13,15-28H2,1-2H3,(H,40,46)/t29-,30?,31?,34?,35?,36-,37+,38-/m1/s1. The van der Waals surface area contributed by atoms with Crippen molar-refractivity contribution in [1.82, 2.24) is 20.0 Å². The van der Waals surface area contributed by atoms with E-state index in [2.05, 4.69) is 33.8 Å². The van der Waals surface area contributed by atoms with Gasteiger partial charge in [-0.25, -0.2) is 13.1 Å². The van der Waals surface area contributed by atoms with Crippen LogP contribution in [0.15, 0.2) is 0 Å². The van der Waals surface area contributed by atoms with Gasteiger partial charge in [-0.2, -0.15) is 5.06 Å². The van der Waals surface area contributed by atoms with E-state index < -0.39 is 34.2 Å². The van der Waals surface area contributed by atoms with Gasteiger partial charge >= 0.3 is 0 Å². The average Bonchev–Trinajstić information content (AvgIpc) is 3.51. The highest BCUT2D eigenvalue weighted by Crippen LogP contribution is 2.36. The van der Waals surface area contributed by atoms with E-state index in [9.17, 15) is 23.4 Å². The van der Waals surface area contributed by atoms with Gasteiger partial charge in [0.2, 0.25) is 15.9 Å². The maximum Gasteiger partial charge on any atom is 0.240 e. The molecular weight excluding hydrogens is 669 g/mol. The monoisotopic (exact) mass is 736 g/mol. The molecule has 4 aliphatic carbocycles. The summed E-state index contributed by atoms with van der Waals surface area (Å²) < 4.78 is 35.2. The van der Waals surface area contributed by atoms with Gasteiger partial charge in [-0.05, 0) is 103 Å². The lowest BCUT2D eigenvalue weighted by Crippen LogP contribution is -2.50. The second-order valence-electron chi connectivity index (χ2n) is 16.3. The highest BCUT2D eigenvalue weighted by atomic mass is 32.2. The van der Waals surface area contributed by atoms with E-state index in [0.29, 0.717) is 38.1 Å². The molecule has 6 atom stereocenters. The summed E-state index contributed by atoms with van der Waals surface area (Å²) in [6.07, 6.45) is 19.0. The molecule has 1 saturated heterocycles. The number of aliphatic hydroxyl groups is 2. The number of sulfonamides is 1. The second kappa shape index (κ2) is 20.4. The topological polar surface area (TPSA) is 141 Å². The van der Waals surface area contributed by atoms with Gasteiger partial charge in [0.1, 0.15) is 12.1 Å². The van der Waals surface area contributed by atoms with Crippen LogP contribution in [-0.2, 0) is 24.4 Å². The Morgan fingerprint density at radius 2 is 1.65 bits per heavy atom. The molecule has 4 N–H and O–H groups in total. The summed E-state index contributed by atoms with van der Waals surface area (Å²) in [5, 5.41) is 25.2. The predicted octanol–water partition coefficient (Wildman–Crippen LogP) is 4.12. The lowest BCUT2D eigenvalue weighted by Gasteiger charge is -2.32. The zero-order chi connectivity index (χ0) is 36.2. The molecule has 2 unspecified atom stereocenters. The highest BCUT2D eigenvalue weighted by molar-refractivity contribution is 7.90. The third-order valence-electron chi connectivity index (χ3n) is 12.5. The van der Waals surface area contributed by atoms with E-state index in [1.165, 1.54) is 51.4 Å². The van der Waals surface area contributed by atoms with E-state index in [0.717, 1.165) is 64.3 Å². The lowest BCUT2D eigenvalue weighted by atomic mass is 9.81. The smallest absolute Gasteiger partial charge is 0.240 e. The number of carbonyl (C=O) groups excluding carboxylic acids is 1. The minimum atomic E-state index is -3.43. The number of amides is 1. The molecule has 0 aromatic heterocycles. The van der Waals surface area contributed by atoms with Crippen molar-refractivity contribution in [3.63, 3.8) is 0 Å². The first-order valence-electron chi connectivity index (χ1n) is 20.5. The van der Waals surface area contributed by atoms with Crippen molar-refractivity contribution in [1.29, 1.82) is 0 Å². The van der Waals surface area contributed by atoms with Gasteiger partial charge in [0, 0.05) is 31.0 Å². The predicted molar refractivity (Wildman–Crippen MR) is 199 cm³/mol. The summed E-state index contributed by atoms with van der Waals surface area (Å²) in [7, 11) is -1.25. The van der Waals surface area contributed by atoms with Crippen molar-refractivity contribution < 1.29 is 33.0 Å². The summed E-state index contributed by atoms with van der Waals surface area (Å²) in [5.74, 6) is 6.10. The number of carbonyl (C=O) groups is 1. The van der Waals surface area contributed by atoms with Gasteiger partial charge in [-0.3, -0.25) is 9.63 Å². The van der Waals surface area contributed by atoms with Crippen LogP contribution in [-0.4, -0.2) is 116 Å². The zero-order valence-electron chi connectivity index (χ0n) is 31.5. The molecule has 12 heteroatoms. The van der Waals surface area contributed by atoms with Crippen molar-refractivity contribution in [2.24, 2.45) is 17.8 Å². The first-order valence-corrected chi connectivity index (χ1v) is 22.0. The van der Waals surface area contributed by atoms with Crippen LogP contribution in [0.5, 0.6) is 0 Å². The molecular formula is C39H68N4O7S. The molecule has 11 nitrogen and oxygen atoms in total. The van der Waals surface area contributed by atoms with Crippen LogP contribution in [0.4, 0.5) is 0 Å². The van der Waals surface area contributed by atoms with Crippen molar-refractivity contribution in [3.8, 4) is 11.8 Å².